The molecule has 1 fully saturated rings. The van der Waals surface area contributed by atoms with Crippen LogP contribution in [0.3, 0.4) is 0 Å². The van der Waals surface area contributed by atoms with Crippen molar-refractivity contribution in [3.05, 3.63) is 35.5 Å². The molecule has 6 nitrogen and oxygen atoms in total. The lowest BCUT2D eigenvalue weighted by Gasteiger charge is -2.36. The molecule has 146 valence electrons. The number of rotatable bonds is 7. The van der Waals surface area contributed by atoms with E-state index in [0.717, 1.165) is 50.5 Å². The molecule has 0 unspecified atom stereocenters. The molecule has 0 spiro atoms. The zero-order valence-corrected chi connectivity index (χ0v) is 16.5. The molecule has 3 rings (SSSR count). The summed E-state index contributed by atoms with van der Waals surface area (Å²) >= 11 is 0. The second-order valence-electron chi connectivity index (χ2n) is 6.86. The van der Waals surface area contributed by atoms with Gasteiger partial charge in [-0.25, -0.2) is 0 Å². The number of hydrogen-bond donors (Lipinski definition) is 0. The standard InChI is InChI=1S/C21H29N3O3/c1-4-11-24-20(25)18(16-7-9-17(10-8-16)27-6-3)19(21(24)26)23-14-12-22(5-2)13-15-23/h7-10H,4-6,11-15H2,1-3H3. The summed E-state index contributed by atoms with van der Waals surface area (Å²) in [5.74, 6) is 0.428. The Kier molecular flexibility index (Phi) is 6.16. The van der Waals surface area contributed by atoms with Crippen molar-refractivity contribution in [1.29, 1.82) is 0 Å². The number of likely N-dealkylation sites (N-methyl/N-ethyl adjacent to an activating group) is 1. The van der Waals surface area contributed by atoms with E-state index < -0.39 is 0 Å². The van der Waals surface area contributed by atoms with Crippen LogP contribution in [0.4, 0.5) is 0 Å². The number of imide groups is 1. The van der Waals surface area contributed by atoms with Gasteiger partial charge in [-0.15, -0.1) is 0 Å². The largest absolute Gasteiger partial charge is 0.494 e. The third-order valence-electron chi connectivity index (χ3n) is 5.18. The minimum absolute atomic E-state index is 0.157. The quantitative estimate of drug-likeness (QED) is 0.688. The molecule has 2 aliphatic rings. The summed E-state index contributed by atoms with van der Waals surface area (Å²) in [6.07, 6.45) is 0.755. The molecule has 0 aromatic heterocycles. The molecule has 0 atom stereocenters. The van der Waals surface area contributed by atoms with E-state index >= 15 is 0 Å². The van der Waals surface area contributed by atoms with Crippen LogP contribution >= 0.6 is 0 Å². The lowest BCUT2D eigenvalue weighted by molar-refractivity contribution is -0.137. The van der Waals surface area contributed by atoms with E-state index in [9.17, 15) is 9.59 Å². The molecule has 0 bridgehead atoms. The molecular formula is C21H29N3O3. The van der Waals surface area contributed by atoms with Crippen LogP contribution in [0, 0.1) is 0 Å². The first kappa shape index (κ1) is 19.4. The fraction of sp³-hybridized carbons (Fsp3) is 0.524. The Balaban J connectivity index is 1.96. The highest BCUT2D eigenvalue weighted by molar-refractivity contribution is 6.35. The molecule has 0 aliphatic carbocycles. The highest BCUT2D eigenvalue weighted by Crippen LogP contribution is 2.33. The maximum atomic E-state index is 13.1. The minimum Gasteiger partial charge on any atom is -0.494 e. The average Bonchev–Trinajstić information content (AvgIpc) is 2.94. The first-order valence-corrected chi connectivity index (χ1v) is 9.91. The summed E-state index contributed by atoms with van der Waals surface area (Å²) in [4.78, 5) is 32.0. The third-order valence-corrected chi connectivity index (χ3v) is 5.18. The Morgan fingerprint density at radius 2 is 1.59 bits per heavy atom. The number of amides is 2. The van der Waals surface area contributed by atoms with E-state index in [-0.39, 0.29) is 11.8 Å². The SMILES string of the molecule is CCCN1C(=O)C(c2ccc(OCC)cc2)=C(N2CCN(CC)CC2)C1=O. The molecular weight excluding hydrogens is 342 g/mol. The summed E-state index contributed by atoms with van der Waals surface area (Å²) in [7, 11) is 0. The molecule has 2 amide bonds. The molecule has 6 heteroatoms. The van der Waals surface area contributed by atoms with Crippen LogP contribution in [0.2, 0.25) is 0 Å². The fourth-order valence-corrected chi connectivity index (χ4v) is 3.72. The van der Waals surface area contributed by atoms with Crippen LogP contribution in [0.5, 0.6) is 5.75 Å². The number of piperazine rings is 1. The van der Waals surface area contributed by atoms with E-state index in [1.54, 1.807) is 0 Å². The number of hydrogen-bond acceptors (Lipinski definition) is 5. The summed E-state index contributed by atoms with van der Waals surface area (Å²) in [6.45, 7) is 11.5. The first-order valence-electron chi connectivity index (χ1n) is 9.91. The van der Waals surface area contributed by atoms with E-state index in [1.807, 2.05) is 38.1 Å². The van der Waals surface area contributed by atoms with Crippen molar-refractivity contribution in [2.24, 2.45) is 0 Å². The third kappa shape index (κ3) is 3.86. The maximum Gasteiger partial charge on any atom is 0.277 e. The van der Waals surface area contributed by atoms with Gasteiger partial charge in [-0.3, -0.25) is 14.5 Å². The van der Waals surface area contributed by atoms with Gasteiger partial charge in [0.05, 0.1) is 12.2 Å². The van der Waals surface area contributed by atoms with Gasteiger partial charge in [0.1, 0.15) is 11.4 Å². The Labute approximate surface area is 161 Å². The number of nitrogens with zero attached hydrogens (tertiary/aromatic N) is 3. The Bertz CT molecular complexity index is 719. The van der Waals surface area contributed by atoms with Gasteiger partial charge in [-0.2, -0.15) is 0 Å². The van der Waals surface area contributed by atoms with Crippen molar-refractivity contribution in [2.45, 2.75) is 27.2 Å². The summed E-state index contributed by atoms with van der Waals surface area (Å²) in [5.41, 5.74) is 1.87. The summed E-state index contributed by atoms with van der Waals surface area (Å²) in [6, 6.07) is 7.48. The highest BCUT2D eigenvalue weighted by Gasteiger charge is 2.41. The van der Waals surface area contributed by atoms with Gasteiger partial charge in [0.2, 0.25) is 0 Å². The molecule has 1 aromatic rings. The summed E-state index contributed by atoms with van der Waals surface area (Å²) < 4.78 is 5.50. The van der Waals surface area contributed by atoms with Crippen molar-refractivity contribution in [3.63, 3.8) is 0 Å². The van der Waals surface area contributed by atoms with E-state index in [1.165, 1.54) is 4.90 Å². The summed E-state index contributed by atoms with van der Waals surface area (Å²) in [5, 5.41) is 0. The predicted molar refractivity (Wildman–Crippen MR) is 105 cm³/mol. The zero-order chi connectivity index (χ0) is 19.4. The second kappa shape index (κ2) is 8.57. The van der Waals surface area contributed by atoms with Crippen molar-refractivity contribution in [1.82, 2.24) is 14.7 Å². The Hall–Kier alpha value is -2.34. The normalized spacial score (nSPS) is 18.6. The van der Waals surface area contributed by atoms with Gasteiger partial charge in [0.25, 0.3) is 11.8 Å². The van der Waals surface area contributed by atoms with Crippen LogP contribution in [0.15, 0.2) is 30.0 Å². The number of benzene rings is 1. The van der Waals surface area contributed by atoms with Crippen molar-refractivity contribution in [3.8, 4) is 5.75 Å². The molecule has 0 N–H and O–H groups in total. The van der Waals surface area contributed by atoms with Gasteiger partial charge in [0.15, 0.2) is 0 Å². The molecule has 1 saturated heterocycles. The van der Waals surface area contributed by atoms with Gasteiger partial charge < -0.3 is 14.5 Å². The average molecular weight is 371 g/mol. The molecule has 27 heavy (non-hydrogen) atoms. The Morgan fingerprint density at radius 1 is 0.926 bits per heavy atom. The molecule has 0 radical (unpaired) electrons. The van der Waals surface area contributed by atoms with Crippen LogP contribution in [-0.4, -0.2) is 72.4 Å². The minimum atomic E-state index is -0.182. The fourth-order valence-electron chi connectivity index (χ4n) is 3.72. The highest BCUT2D eigenvalue weighted by atomic mass is 16.5. The molecule has 0 saturated carbocycles. The topological polar surface area (TPSA) is 53.1 Å². The molecule has 2 heterocycles. The van der Waals surface area contributed by atoms with Crippen LogP contribution in [-0.2, 0) is 9.59 Å². The van der Waals surface area contributed by atoms with Crippen LogP contribution in [0.25, 0.3) is 5.57 Å². The number of carbonyl (C=O) groups is 2. The Morgan fingerprint density at radius 3 is 2.15 bits per heavy atom. The van der Waals surface area contributed by atoms with Gasteiger partial charge in [-0.05, 0) is 37.6 Å². The van der Waals surface area contributed by atoms with Crippen LogP contribution < -0.4 is 4.74 Å². The van der Waals surface area contributed by atoms with E-state index in [4.69, 9.17) is 4.74 Å². The van der Waals surface area contributed by atoms with E-state index in [2.05, 4.69) is 16.7 Å². The number of ether oxygens (including phenoxy) is 1. The zero-order valence-electron chi connectivity index (χ0n) is 16.5. The van der Waals surface area contributed by atoms with Gasteiger partial charge >= 0.3 is 0 Å². The smallest absolute Gasteiger partial charge is 0.277 e. The predicted octanol–water partition coefficient (Wildman–Crippen LogP) is 2.21. The van der Waals surface area contributed by atoms with Gasteiger partial charge in [0, 0.05) is 32.7 Å². The monoisotopic (exact) mass is 371 g/mol. The molecule has 1 aromatic carbocycles. The van der Waals surface area contributed by atoms with Crippen molar-refractivity contribution < 1.29 is 14.3 Å². The molecule has 2 aliphatic heterocycles. The van der Waals surface area contributed by atoms with E-state index in [0.29, 0.717) is 24.4 Å². The second-order valence-corrected chi connectivity index (χ2v) is 6.86. The maximum absolute atomic E-state index is 13.1. The lowest BCUT2D eigenvalue weighted by Crippen LogP contribution is -2.47. The van der Waals surface area contributed by atoms with Crippen molar-refractivity contribution in [2.75, 3.05) is 45.9 Å². The van der Waals surface area contributed by atoms with Crippen molar-refractivity contribution >= 4 is 17.4 Å². The number of carbonyl (C=O) groups excluding carboxylic acids is 2. The van der Waals surface area contributed by atoms with Gasteiger partial charge in [-0.1, -0.05) is 26.0 Å². The van der Waals surface area contributed by atoms with Crippen LogP contribution in [0.1, 0.15) is 32.8 Å². The first-order chi connectivity index (χ1) is 13.1. The lowest BCUT2D eigenvalue weighted by atomic mass is 10.0.